The Kier molecular flexibility index (Phi) is 4.96. The molecule has 1 fully saturated rings. The van der Waals surface area contributed by atoms with Crippen LogP contribution in [0, 0.1) is 0 Å². The third-order valence-corrected chi connectivity index (χ3v) is 4.03. The van der Waals surface area contributed by atoms with Gasteiger partial charge in [0, 0.05) is 52.5 Å². The molecule has 2 heterocycles. The number of likely N-dealkylation sites (N-methyl/N-ethyl adjacent to an activating group) is 1. The van der Waals surface area contributed by atoms with Crippen molar-refractivity contribution in [2.75, 3.05) is 26.9 Å². The number of aryl methyl sites for hydroxylation is 1. The van der Waals surface area contributed by atoms with Gasteiger partial charge < -0.3 is 14.8 Å². The van der Waals surface area contributed by atoms with E-state index in [1.807, 2.05) is 25.0 Å². The molecule has 108 valence electrons. The molecule has 19 heavy (non-hydrogen) atoms. The average Bonchev–Trinajstić information content (AvgIpc) is 2.84. The fourth-order valence-corrected chi connectivity index (χ4v) is 2.92. The van der Waals surface area contributed by atoms with Crippen molar-refractivity contribution in [2.45, 2.75) is 37.8 Å². The second-order valence-corrected chi connectivity index (χ2v) is 5.22. The lowest BCUT2D eigenvalue weighted by molar-refractivity contribution is -0.110. The Morgan fingerprint density at radius 2 is 2.26 bits per heavy atom. The van der Waals surface area contributed by atoms with Crippen molar-refractivity contribution >= 4 is 0 Å². The van der Waals surface area contributed by atoms with E-state index in [0.29, 0.717) is 6.04 Å². The molecule has 0 spiro atoms. The molecule has 2 rings (SSSR count). The largest absolute Gasteiger partial charge is 0.381 e. The Morgan fingerprint density at radius 1 is 1.53 bits per heavy atom. The van der Waals surface area contributed by atoms with Crippen molar-refractivity contribution in [1.82, 2.24) is 15.1 Å². The van der Waals surface area contributed by atoms with Crippen LogP contribution in [0.1, 0.15) is 25.3 Å². The zero-order chi connectivity index (χ0) is 13.7. The van der Waals surface area contributed by atoms with Gasteiger partial charge in [-0.2, -0.15) is 5.10 Å². The molecule has 1 saturated heterocycles. The Morgan fingerprint density at radius 3 is 2.79 bits per heavy atom. The summed E-state index contributed by atoms with van der Waals surface area (Å²) in [6.07, 6.45) is 6.85. The Hall–Kier alpha value is -0.910. The lowest BCUT2D eigenvalue weighted by Gasteiger charge is -2.42. The molecular formula is C14H25N3O2. The van der Waals surface area contributed by atoms with Crippen LogP contribution in [0.2, 0.25) is 0 Å². The highest BCUT2D eigenvalue weighted by molar-refractivity contribution is 5.10. The standard InChI is InChI=1S/C14H25N3O2/c1-4-15-13(9-12-10-16-17(2)11-12)14(18-3)5-7-19-8-6-14/h10-11,13,15H,4-9H2,1-3H3. The summed E-state index contributed by atoms with van der Waals surface area (Å²) in [5, 5.41) is 7.83. The van der Waals surface area contributed by atoms with Crippen LogP contribution >= 0.6 is 0 Å². The van der Waals surface area contributed by atoms with E-state index in [4.69, 9.17) is 9.47 Å². The van der Waals surface area contributed by atoms with Gasteiger partial charge in [0.05, 0.1) is 11.8 Å². The van der Waals surface area contributed by atoms with Crippen LogP contribution in [0.25, 0.3) is 0 Å². The maximum Gasteiger partial charge on any atom is 0.0877 e. The van der Waals surface area contributed by atoms with Gasteiger partial charge in [0.15, 0.2) is 0 Å². The summed E-state index contributed by atoms with van der Waals surface area (Å²) in [4.78, 5) is 0. The number of nitrogens with one attached hydrogen (secondary N) is 1. The Balaban J connectivity index is 2.12. The first-order chi connectivity index (χ1) is 9.20. The lowest BCUT2D eigenvalue weighted by Crippen LogP contribution is -2.56. The van der Waals surface area contributed by atoms with Gasteiger partial charge in [0.2, 0.25) is 0 Å². The van der Waals surface area contributed by atoms with Crippen LogP contribution in [0.4, 0.5) is 0 Å². The number of ether oxygens (including phenoxy) is 2. The monoisotopic (exact) mass is 267 g/mol. The van der Waals surface area contributed by atoms with Crippen LogP contribution in [-0.4, -0.2) is 48.3 Å². The fourth-order valence-electron chi connectivity index (χ4n) is 2.92. The van der Waals surface area contributed by atoms with E-state index in [9.17, 15) is 0 Å². The van der Waals surface area contributed by atoms with Crippen LogP contribution in [0.5, 0.6) is 0 Å². The van der Waals surface area contributed by atoms with Crippen LogP contribution < -0.4 is 5.32 Å². The molecule has 0 bridgehead atoms. The quantitative estimate of drug-likeness (QED) is 0.839. The molecule has 1 atom stereocenters. The highest BCUT2D eigenvalue weighted by Gasteiger charge is 2.40. The fraction of sp³-hybridized carbons (Fsp3) is 0.786. The molecule has 1 aromatic heterocycles. The second kappa shape index (κ2) is 6.50. The summed E-state index contributed by atoms with van der Waals surface area (Å²) in [6, 6.07) is 0.301. The van der Waals surface area contributed by atoms with Crippen molar-refractivity contribution in [2.24, 2.45) is 7.05 Å². The molecule has 5 nitrogen and oxygen atoms in total. The number of hydrogen-bond donors (Lipinski definition) is 1. The average molecular weight is 267 g/mol. The number of methoxy groups -OCH3 is 1. The Labute approximate surface area is 115 Å². The van der Waals surface area contributed by atoms with E-state index in [2.05, 4.69) is 23.5 Å². The number of rotatable bonds is 6. The zero-order valence-corrected chi connectivity index (χ0v) is 12.2. The van der Waals surface area contributed by atoms with Gasteiger partial charge in [-0.3, -0.25) is 4.68 Å². The van der Waals surface area contributed by atoms with Gasteiger partial charge in [0.1, 0.15) is 0 Å². The van der Waals surface area contributed by atoms with E-state index in [-0.39, 0.29) is 5.60 Å². The predicted octanol–water partition coefficient (Wildman–Crippen LogP) is 1.14. The molecule has 1 unspecified atom stereocenters. The second-order valence-electron chi connectivity index (χ2n) is 5.22. The summed E-state index contributed by atoms with van der Waals surface area (Å²) in [5.74, 6) is 0. The van der Waals surface area contributed by atoms with E-state index in [1.165, 1.54) is 5.56 Å². The third-order valence-electron chi connectivity index (χ3n) is 4.03. The maximum atomic E-state index is 5.90. The molecule has 0 aliphatic carbocycles. The van der Waals surface area contributed by atoms with Crippen LogP contribution in [-0.2, 0) is 22.9 Å². The van der Waals surface area contributed by atoms with Crippen molar-refractivity contribution in [3.63, 3.8) is 0 Å². The first-order valence-corrected chi connectivity index (χ1v) is 7.04. The zero-order valence-electron chi connectivity index (χ0n) is 12.2. The molecular weight excluding hydrogens is 242 g/mol. The minimum absolute atomic E-state index is 0.121. The number of aromatic nitrogens is 2. The predicted molar refractivity (Wildman–Crippen MR) is 74.2 cm³/mol. The van der Waals surface area contributed by atoms with Crippen molar-refractivity contribution < 1.29 is 9.47 Å². The van der Waals surface area contributed by atoms with Gasteiger partial charge in [-0.1, -0.05) is 6.92 Å². The molecule has 1 aliphatic rings. The van der Waals surface area contributed by atoms with E-state index < -0.39 is 0 Å². The van der Waals surface area contributed by atoms with Crippen LogP contribution in [0.15, 0.2) is 12.4 Å². The van der Waals surface area contributed by atoms with E-state index in [0.717, 1.165) is 39.0 Å². The summed E-state index contributed by atoms with van der Waals surface area (Å²) in [7, 11) is 3.77. The summed E-state index contributed by atoms with van der Waals surface area (Å²) >= 11 is 0. The summed E-state index contributed by atoms with van der Waals surface area (Å²) < 4.78 is 13.2. The number of nitrogens with zero attached hydrogens (tertiary/aromatic N) is 2. The molecule has 1 aromatic rings. The minimum Gasteiger partial charge on any atom is -0.381 e. The van der Waals surface area contributed by atoms with Crippen molar-refractivity contribution in [1.29, 1.82) is 0 Å². The molecule has 5 heteroatoms. The highest BCUT2D eigenvalue weighted by atomic mass is 16.5. The SMILES string of the molecule is CCNC(Cc1cnn(C)c1)C1(OC)CCOCC1. The first-order valence-electron chi connectivity index (χ1n) is 7.04. The van der Waals surface area contributed by atoms with Gasteiger partial charge in [-0.25, -0.2) is 0 Å². The number of hydrogen-bond acceptors (Lipinski definition) is 4. The smallest absolute Gasteiger partial charge is 0.0877 e. The highest BCUT2D eigenvalue weighted by Crippen LogP contribution is 2.30. The maximum absolute atomic E-state index is 5.90. The summed E-state index contributed by atoms with van der Waals surface area (Å²) in [5.41, 5.74) is 1.13. The third kappa shape index (κ3) is 3.35. The lowest BCUT2D eigenvalue weighted by atomic mass is 9.83. The Bertz CT molecular complexity index is 386. The van der Waals surface area contributed by atoms with Gasteiger partial charge in [-0.15, -0.1) is 0 Å². The van der Waals surface area contributed by atoms with E-state index in [1.54, 1.807) is 0 Å². The molecule has 0 radical (unpaired) electrons. The molecule has 1 N–H and O–H groups in total. The normalized spacial score (nSPS) is 20.4. The van der Waals surface area contributed by atoms with Crippen LogP contribution in [0.3, 0.4) is 0 Å². The van der Waals surface area contributed by atoms with Gasteiger partial charge >= 0.3 is 0 Å². The van der Waals surface area contributed by atoms with Gasteiger partial charge in [0.25, 0.3) is 0 Å². The van der Waals surface area contributed by atoms with Crippen molar-refractivity contribution in [3.05, 3.63) is 18.0 Å². The molecule has 0 amide bonds. The summed E-state index contributed by atoms with van der Waals surface area (Å²) in [6.45, 7) is 4.64. The molecule has 1 aliphatic heterocycles. The van der Waals surface area contributed by atoms with Gasteiger partial charge in [-0.05, 0) is 18.5 Å². The first kappa shape index (κ1) is 14.5. The molecule has 0 saturated carbocycles. The van der Waals surface area contributed by atoms with Crippen molar-refractivity contribution in [3.8, 4) is 0 Å². The van der Waals surface area contributed by atoms with E-state index >= 15 is 0 Å². The topological polar surface area (TPSA) is 48.3 Å². The minimum atomic E-state index is -0.121. The molecule has 0 aromatic carbocycles.